The summed E-state index contributed by atoms with van der Waals surface area (Å²) >= 11 is 5.97. The minimum Gasteiger partial charge on any atom is -0.450 e. The Morgan fingerprint density at radius 1 is 1.30 bits per heavy atom. The molecule has 0 aliphatic rings. The van der Waals surface area contributed by atoms with Crippen LogP contribution in [0.1, 0.15) is 5.56 Å². The molecule has 0 unspecified atom stereocenters. The minimum absolute atomic E-state index is 0.0126. The van der Waals surface area contributed by atoms with E-state index < -0.39 is 4.92 Å². The number of para-hydroxylation sites is 1. The van der Waals surface area contributed by atoms with Gasteiger partial charge in [-0.25, -0.2) is 4.85 Å². The zero-order valence-electron chi connectivity index (χ0n) is 12.6. The summed E-state index contributed by atoms with van der Waals surface area (Å²) in [7, 11) is 3.83. The first-order valence-electron chi connectivity index (χ1n) is 6.68. The van der Waals surface area contributed by atoms with Gasteiger partial charge in [-0.05, 0) is 26.2 Å². The average Bonchev–Trinajstić information content (AvgIpc) is 2.48. The number of ether oxygens (including phenoxy) is 1. The van der Waals surface area contributed by atoms with Gasteiger partial charge < -0.3 is 9.64 Å². The van der Waals surface area contributed by atoms with E-state index in [1.807, 2.05) is 31.1 Å². The topological polar surface area (TPSA) is 60.0 Å². The van der Waals surface area contributed by atoms with E-state index in [4.69, 9.17) is 22.9 Å². The first-order valence-corrected chi connectivity index (χ1v) is 7.06. The second kappa shape index (κ2) is 7.09. The number of halogens is 1. The third-order valence-corrected chi connectivity index (χ3v) is 3.33. The highest BCUT2D eigenvalue weighted by atomic mass is 35.5. The lowest BCUT2D eigenvalue weighted by atomic mass is 10.2. The zero-order valence-corrected chi connectivity index (χ0v) is 13.4. The molecule has 0 spiro atoms. The van der Waals surface area contributed by atoms with Crippen molar-refractivity contribution in [2.75, 3.05) is 14.1 Å². The molecule has 0 aliphatic carbocycles. The van der Waals surface area contributed by atoms with Gasteiger partial charge in [0.1, 0.15) is 5.75 Å². The fourth-order valence-electron chi connectivity index (χ4n) is 2.04. The maximum Gasteiger partial charge on any atom is 0.301 e. The summed E-state index contributed by atoms with van der Waals surface area (Å²) in [4.78, 5) is 15.8. The van der Waals surface area contributed by atoms with Gasteiger partial charge in [0.15, 0.2) is 0 Å². The van der Waals surface area contributed by atoms with Crippen molar-refractivity contribution in [3.8, 4) is 11.5 Å². The molecule has 0 radical (unpaired) electrons. The van der Waals surface area contributed by atoms with Gasteiger partial charge in [-0.15, -0.1) is 0 Å². The van der Waals surface area contributed by atoms with E-state index >= 15 is 0 Å². The Labute approximate surface area is 138 Å². The summed E-state index contributed by atoms with van der Waals surface area (Å²) in [5, 5.41) is 11.3. The molecule has 0 amide bonds. The molecule has 7 heteroatoms. The van der Waals surface area contributed by atoms with Gasteiger partial charge >= 0.3 is 5.69 Å². The van der Waals surface area contributed by atoms with Gasteiger partial charge in [0.05, 0.1) is 16.5 Å². The Bertz CT molecular complexity index is 785. The Kier molecular flexibility index (Phi) is 5.16. The van der Waals surface area contributed by atoms with Crippen molar-refractivity contribution in [2.45, 2.75) is 6.54 Å². The molecule has 0 N–H and O–H groups in total. The predicted octanol–water partition coefficient (Wildman–Crippen LogP) is 4.65. The van der Waals surface area contributed by atoms with E-state index in [-0.39, 0.29) is 22.1 Å². The van der Waals surface area contributed by atoms with Crippen molar-refractivity contribution < 1.29 is 9.66 Å². The first kappa shape index (κ1) is 16.7. The summed E-state index contributed by atoms with van der Waals surface area (Å²) in [5.41, 5.74) is 0.615. The van der Waals surface area contributed by atoms with E-state index in [9.17, 15) is 10.1 Å². The Hall–Kier alpha value is -2.62. The summed E-state index contributed by atoms with van der Waals surface area (Å²) in [6.45, 7) is 7.62. The van der Waals surface area contributed by atoms with Crippen LogP contribution in [0, 0.1) is 16.7 Å². The van der Waals surface area contributed by atoms with Crippen LogP contribution >= 0.6 is 11.6 Å². The van der Waals surface area contributed by atoms with Crippen molar-refractivity contribution >= 4 is 23.0 Å². The van der Waals surface area contributed by atoms with Crippen molar-refractivity contribution in [1.82, 2.24) is 4.90 Å². The first-order chi connectivity index (χ1) is 10.9. The van der Waals surface area contributed by atoms with Crippen LogP contribution in [0.5, 0.6) is 11.5 Å². The maximum absolute atomic E-state index is 11.2. The van der Waals surface area contributed by atoms with Gasteiger partial charge in [0.2, 0.25) is 11.4 Å². The molecule has 2 rings (SSSR count). The Morgan fingerprint density at radius 2 is 2.00 bits per heavy atom. The maximum atomic E-state index is 11.2. The molecule has 0 bridgehead atoms. The molecule has 0 aliphatic heterocycles. The molecule has 23 heavy (non-hydrogen) atoms. The Balaban J connectivity index is 2.47. The minimum atomic E-state index is -0.588. The normalized spacial score (nSPS) is 10.4. The van der Waals surface area contributed by atoms with Crippen LogP contribution in [-0.4, -0.2) is 23.9 Å². The van der Waals surface area contributed by atoms with Crippen molar-refractivity contribution in [2.24, 2.45) is 0 Å². The van der Waals surface area contributed by atoms with E-state index in [1.165, 1.54) is 6.07 Å². The quantitative estimate of drug-likeness (QED) is 0.454. The van der Waals surface area contributed by atoms with Crippen molar-refractivity contribution in [3.63, 3.8) is 0 Å². The van der Waals surface area contributed by atoms with Crippen LogP contribution in [0.2, 0.25) is 5.02 Å². The van der Waals surface area contributed by atoms with E-state index in [1.54, 1.807) is 12.1 Å². The lowest BCUT2D eigenvalue weighted by molar-refractivity contribution is -0.385. The third kappa shape index (κ3) is 3.97. The van der Waals surface area contributed by atoms with E-state index in [0.717, 1.165) is 11.6 Å². The highest BCUT2D eigenvalue weighted by molar-refractivity contribution is 6.33. The van der Waals surface area contributed by atoms with Gasteiger partial charge in [-0.3, -0.25) is 10.1 Å². The van der Waals surface area contributed by atoms with Crippen LogP contribution in [0.4, 0.5) is 11.4 Å². The standard InChI is InChI=1S/C16H14ClN3O3/c1-18-13-9-14(20(21)22)16(8-12(13)17)23-15-7-5-4-6-11(15)10-19(2)3/h4-9H,10H2,2-3H3. The number of hydrogen-bond acceptors (Lipinski definition) is 4. The summed E-state index contributed by atoms with van der Waals surface area (Å²) in [6.07, 6.45) is 0. The number of nitro groups is 1. The highest BCUT2D eigenvalue weighted by Gasteiger charge is 2.20. The molecule has 0 fully saturated rings. The molecule has 2 aromatic rings. The highest BCUT2D eigenvalue weighted by Crippen LogP contribution is 2.40. The van der Waals surface area contributed by atoms with Crippen LogP contribution in [0.3, 0.4) is 0 Å². The molecule has 2 aromatic carbocycles. The summed E-state index contributed by atoms with van der Waals surface area (Å²) in [6, 6.07) is 9.71. The molecule has 118 valence electrons. The predicted molar refractivity (Wildman–Crippen MR) is 88.3 cm³/mol. The van der Waals surface area contributed by atoms with E-state index in [2.05, 4.69) is 4.85 Å². The monoisotopic (exact) mass is 331 g/mol. The van der Waals surface area contributed by atoms with Gasteiger partial charge in [-0.1, -0.05) is 29.8 Å². The molecule has 0 saturated carbocycles. The summed E-state index contributed by atoms with van der Waals surface area (Å²) < 4.78 is 5.73. The molecule has 0 heterocycles. The van der Waals surface area contributed by atoms with Crippen LogP contribution in [0.25, 0.3) is 4.85 Å². The molecular weight excluding hydrogens is 318 g/mol. The SMILES string of the molecule is [C-]#[N+]c1cc([N+](=O)[O-])c(Oc2ccccc2CN(C)C)cc1Cl. The Morgan fingerprint density at radius 3 is 2.61 bits per heavy atom. The number of nitro benzene ring substituents is 1. The fraction of sp³-hybridized carbons (Fsp3) is 0.188. The molecule has 6 nitrogen and oxygen atoms in total. The molecule has 0 saturated heterocycles. The van der Waals surface area contributed by atoms with Crippen molar-refractivity contribution in [3.05, 3.63) is 68.5 Å². The van der Waals surface area contributed by atoms with Crippen LogP contribution < -0.4 is 4.74 Å². The number of nitrogens with zero attached hydrogens (tertiary/aromatic N) is 3. The smallest absolute Gasteiger partial charge is 0.301 e. The molecular formula is C16H14ClN3O3. The second-order valence-corrected chi connectivity index (χ2v) is 5.50. The van der Waals surface area contributed by atoms with Gasteiger partial charge in [-0.2, -0.15) is 0 Å². The largest absolute Gasteiger partial charge is 0.450 e. The fourth-order valence-corrected chi connectivity index (χ4v) is 2.23. The second-order valence-electron chi connectivity index (χ2n) is 5.09. The lowest BCUT2D eigenvalue weighted by Crippen LogP contribution is -2.11. The lowest BCUT2D eigenvalue weighted by Gasteiger charge is -2.15. The zero-order chi connectivity index (χ0) is 17.0. The van der Waals surface area contributed by atoms with E-state index in [0.29, 0.717) is 12.3 Å². The van der Waals surface area contributed by atoms with Gasteiger partial charge in [0.25, 0.3) is 0 Å². The third-order valence-electron chi connectivity index (χ3n) is 3.02. The average molecular weight is 332 g/mol. The number of hydrogen-bond donors (Lipinski definition) is 0. The van der Waals surface area contributed by atoms with Gasteiger partial charge in [0, 0.05) is 18.2 Å². The number of benzene rings is 2. The molecule has 0 aromatic heterocycles. The van der Waals surface area contributed by atoms with Crippen molar-refractivity contribution in [1.29, 1.82) is 0 Å². The van der Waals surface area contributed by atoms with Crippen LogP contribution in [-0.2, 0) is 6.54 Å². The summed E-state index contributed by atoms with van der Waals surface area (Å²) in [5.74, 6) is 0.523. The van der Waals surface area contributed by atoms with Crippen LogP contribution in [0.15, 0.2) is 36.4 Å². The number of rotatable bonds is 5. The molecule has 0 atom stereocenters.